The molecule has 1 amide bonds. The zero-order chi connectivity index (χ0) is 17.9. The fourth-order valence-electron chi connectivity index (χ4n) is 3.15. The summed E-state index contributed by atoms with van der Waals surface area (Å²) in [6.07, 6.45) is 3.76. The minimum absolute atomic E-state index is 0.201. The monoisotopic (exact) mass is 334 g/mol. The van der Waals surface area contributed by atoms with Crippen molar-refractivity contribution >= 4 is 11.9 Å². The molecular weight excluding hydrogens is 304 g/mol. The summed E-state index contributed by atoms with van der Waals surface area (Å²) in [7, 11) is 0. The molecule has 1 aromatic heterocycles. The second-order valence-corrected chi connectivity index (χ2v) is 7.67. The maximum Gasteiger partial charge on any atom is 0.410 e. The van der Waals surface area contributed by atoms with Gasteiger partial charge in [-0.15, -0.1) is 0 Å². The van der Waals surface area contributed by atoms with Crippen molar-refractivity contribution < 1.29 is 9.53 Å². The van der Waals surface area contributed by atoms with E-state index in [0.29, 0.717) is 11.7 Å². The number of piperidine rings is 1. The van der Waals surface area contributed by atoms with Gasteiger partial charge in [-0.2, -0.15) is 0 Å². The van der Waals surface area contributed by atoms with Crippen molar-refractivity contribution in [1.82, 2.24) is 14.9 Å². The number of aryl methyl sites for hydroxylation is 2. The molecule has 0 bridgehead atoms. The first kappa shape index (κ1) is 18.5. The van der Waals surface area contributed by atoms with Crippen LogP contribution in [0.3, 0.4) is 0 Å². The van der Waals surface area contributed by atoms with Crippen LogP contribution in [0.25, 0.3) is 0 Å². The summed E-state index contributed by atoms with van der Waals surface area (Å²) >= 11 is 0. The lowest BCUT2D eigenvalue weighted by molar-refractivity contribution is 0.0181. The highest BCUT2D eigenvalue weighted by Gasteiger charge is 2.26. The van der Waals surface area contributed by atoms with Crippen molar-refractivity contribution in [1.29, 1.82) is 0 Å². The zero-order valence-electron chi connectivity index (χ0n) is 15.6. The lowest BCUT2D eigenvalue weighted by Crippen LogP contribution is -2.41. The maximum absolute atomic E-state index is 12.1. The minimum atomic E-state index is -0.436. The minimum Gasteiger partial charge on any atom is -0.444 e. The summed E-state index contributed by atoms with van der Waals surface area (Å²) in [5.41, 5.74) is 7.64. The van der Waals surface area contributed by atoms with Crippen LogP contribution in [-0.2, 0) is 11.2 Å². The summed E-state index contributed by atoms with van der Waals surface area (Å²) in [5, 5.41) is 0. The van der Waals surface area contributed by atoms with Gasteiger partial charge in [-0.1, -0.05) is 0 Å². The van der Waals surface area contributed by atoms with Crippen LogP contribution in [0.5, 0.6) is 0 Å². The van der Waals surface area contributed by atoms with Crippen LogP contribution in [0.1, 0.15) is 57.1 Å². The van der Waals surface area contributed by atoms with Gasteiger partial charge in [-0.25, -0.2) is 14.8 Å². The Morgan fingerprint density at radius 3 is 2.42 bits per heavy atom. The number of hydrogen-bond acceptors (Lipinski definition) is 5. The van der Waals surface area contributed by atoms with Gasteiger partial charge in [0.1, 0.15) is 17.2 Å². The molecule has 1 fully saturated rings. The van der Waals surface area contributed by atoms with E-state index in [0.717, 1.165) is 55.9 Å². The van der Waals surface area contributed by atoms with E-state index in [-0.39, 0.29) is 6.09 Å². The van der Waals surface area contributed by atoms with Crippen molar-refractivity contribution in [3.05, 3.63) is 17.1 Å². The van der Waals surface area contributed by atoms with Gasteiger partial charge in [-0.3, -0.25) is 0 Å². The van der Waals surface area contributed by atoms with E-state index < -0.39 is 5.60 Å². The molecule has 6 heteroatoms. The highest BCUT2D eigenvalue weighted by Crippen LogP contribution is 2.25. The molecule has 6 nitrogen and oxygen atoms in total. The van der Waals surface area contributed by atoms with Crippen molar-refractivity contribution in [2.45, 2.75) is 65.9 Å². The Morgan fingerprint density at radius 2 is 1.88 bits per heavy atom. The number of hydrogen-bond donors (Lipinski definition) is 1. The molecule has 0 aromatic carbocycles. The van der Waals surface area contributed by atoms with E-state index in [9.17, 15) is 4.79 Å². The molecule has 24 heavy (non-hydrogen) atoms. The standard InChI is InChI=1S/C18H30N4O2/c1-12-15(16(19)21-13(2)20-12)7-6-14-8-10-22(11-9-14)17(23)24-18(3,4)5/h14H,6-11H2,1-5H3,(H2,19,20,21). The quantitative estimate of drug-likeness (QED) is 0.917. The molecule has 2 N–H and O–H groups in total. The van der Waals surface area contributed by atoms with Gasteiger partial charge in [0.15, 0.2) is 0 Å². The molecule has 0 saturated carbocycles. The number of carbonyl (C=O) groups excluding carboxylic acids is 1. The second-order valence-electron chi connectivity index (χ2n) is 7.67. The number of amides is 1. The summed E-state index contributed by atoms with van der Waals surface area (Å²) in [4.78, 5) is 22.6. The smallest absolute Gasteiger partial charge is 0.410 e. The number of carbonyl (C=O) groups is 1. The van der Waals surface area contributed by atoms with Crippen molar-refractivity contribution in [3.63, 3.8) is 0 Å². The Hall–Kier alpha value is -1.85. The fourth-order valence-corrected chi connectivity index (χ4v) is 3.15. The second kappa shape index (κ2) is 7.36. The Labute approximate surface area is 144 Å². The van der Waals surface area contributed by atoms with E-state index in [4.69, 9.17) is 10.5 Å². The first-order valence-corrected chi connectivity index (χ1v) is 8.73. The van der Waals surface area contributed by atoms with Crippen LogP contribution < -0.4 is 5.73 Å². The molecule has 1 aliphatic rings. The highest BCUT2D eigenvalue weighted by atomic mass is 16.6. The van der Waals surface area contributed by atoms with Gasteiger partial charge in [0, 0.05) is 24.3 Å². The van der Waals surface area contributed by atoms with Crippen molar-refractivity contribution in [2.75, 3.05) is 18.8 Å². The first-order chi connectivity index (χ1) is 11.2. The number of rotatable bonds is 3. The normalized spacial score (nSPS) is 16.3. The van der Waals surface area contributed by atoms with Gasteiger partial charge in [-0.05, 0) is 66.2 Å². The number of anilines is 1. The number of ether oxygens (including phenoxy) is 1. The van der Waals surface area contributed by atoms with Gasteiger partial charge in [0.25, 0.3) is 0 Å². The highest BCUT2D eigenvalue weighted by molar-refractivity contribution is 5.68. The molecular formula is C18H30N4O2. The third-order valence-corrected chi connectivity index (χ3v) is 4.43. The largest absolute Gasteiger partial charge is 0.444 e. The average molecular weight is 334 g/mol. The van der Waals surface area contributed by atoms with Gasteiger partial charge >= 0.3 is 6.09 Å². The molecule has 0 atom stereocenters. The van der Waals surface area contributed by atoms with E-state index >= 15 is 0 Å². The third-order valence-electron chi connectivity index (χ3n) is 4.43. The van der Waals surface area contributed by atoms with Crippen LogP contribution in [0.4, 0.5) is 10.6 Å². The fraction of sp³-hybridized carbons (Fsp3) is 0.722. The first-order valence-electron chi connectivity index (χ1n) is 8.73. The summed E-state index contributed by atoms with van der Waals surface area (Å²) in [6, 6.07) is 0. The number of aromatic nitrogens is 2. The van der Waals surface area contributed by atoms with Gasteiger partial charge < -0.3 is 15.4 Å². The molecule has 1 aliphatic heterocycles. The van der Waals surface area contributed by atoms with Crippen LogP contribution in [0.15, 0.2) is 0 Å². The Bertz CT molecular complexity index is 564. The van der Waals surface area contributed by atoms with E-state index in [1.165, 1.54) is 0 Å². The van der Waals surface area contributed by atoms with Crippen molar-refractivity contribution in [2.24, 2.45) is 5.92 Å². The SMILES string of the molecule is Cc1nc(C)c(CCC2CCN(C(=O)OC(C)(C)C)CC2)c(N)n1. The zero-order valence-corrected chi connectivity index (χ0v) is 15.6. The number of nitrogen functional groups attached to an aromatic ring is 1. The molecule has 1 saturated heterocycles. The Balaban J connectivity index is 1.83. The Morgan fingerprint density at radius 1 is 1.25 bits per heavy atom. The van der Waals surface area contributed by atoms with Crippen LogP contribution >= 0.6 is 0 Å². The molecule has 0 spiro atoms. The van der Waals surface area contributed by atoms with Crippen LogP contribution in [0.2, 0.25) is 0 Å². The summed E-state index contributed by atoms with van der Waals surface area (Å²) < 4.78 is 5.44. The van der Waals surface area contributed by atoms with E-state index in [1.807, 2.05) is 39.5 Å². The molecule has 2 rings (SSSR count). The number of nitrogens with two attached hydrogens (primary N) is 1. The third kappa shape index (κ3) is 5.08. The molecule has 0 unspecified atom stereocenters. The maximum atomic E-state index is 12.1. The molecule has 2 heterocycles. The average Bonchev–Trinajstić information content (AvgIpc) is 2.45. The predicted molar refractivity (Wildman–Crippen MR) is 94.8 cm³/mol. The molecule has 134 valence electrons. The number of nitrogens with zero attached hydrogens (tertiary/aromatic N) is 3. The summed E-state index contributed by atoms with van der Waals surface area (Å²) in [6.45, 7) is 11.1. The predicted octanol–water partition coefficient (Wildman–Crippen LogP) is 3.26. The topological polar surface area (TPSA) is 81.3 Å². The molecule has 1 aromatic rings. The number of likely N-dealkylation sites (tertiary alicyclic amines) is 1. The van der Waals surface area contributed by atoms with Crippen molar-refractivity contribution in [3.8, 4) is 0 Å². The van der Waals surface area contributed by atoms with E-state index in [1.54, 1.807) is 0 Å². The lowest BCUT2D eigenvalue weighted by Gasteiger charge is -2.33. The molecule has 0 radical (unpaired) electrons. The van der Waals surface area contributed by atoms with Crippen LogP contribution in [0, 0.1) is 19.8 Å². The lowest BCUT2D eigenvalue weighted by atomic mass is 9.90. The van der Waals surface area contributed by atoms with Gasteiger partial charge in [0.05, 0.1) is 0 Å². The summed E-state index contributed by atoms with van der Waals surface area (Å²) in [5.74, 6) is 1.93. The van der Waals surface area contributed by atoms with Gasteiger partial charge in [0.2, 0.25) is 0 Å². The van der Waals surface area contributed by atoms with Crippen LogP contribution in [-0.4, -0.2) is 39.7 Å². The van der Waals surface area contributed by atoms with E-state index in [2.05, 4.69) is 9.97 Å². The Kier molecular flexibility index (Phi) is 5.67. The molecule has 0 aliphatic carbocycles.